The number of hydrogen-bond donors (Lipinski definition) is 1. The summed E-state index contributed by atoms with van der Waals surface area (Å²) in [5, 5.41) is 2.91. The Morgan fingerprint density at radius 3 is 2.57 bits per heavy atom. The van der Waals surface area contributed by atoms with Gasteiger partial charge < -0.3 is 14.8 Å². The summed E-state index contributed by atoms with van der Waals surface area (Å²) >= 11 is 0. The number of benzene rings is 2. The summed E-state index contributed by atoms with van der Waals surface area (Å²) in [7, 11) is -0.193. The summed E-state index contributed by atoms with van der Waals surface area (Å²) in [5.74, 6) is 1.16. The van der Waals surface area contributed by atoms with Crippen LogP contribution in [0.25, 0.3) is 0 Å². The quantitative estimate of drug-likeness (QED) is 0.691. The standard InChI is InChI=1S/C22H28N2O5S/c1-4-12-30(26,27)24-11-5-6-17-15-18(8-9-19(17)24)23-22(25)14-16-7-10-20(28-2)21(13-16)29-3/h7-10,13,15H,4-6,11-12,14H2,1-3H3,(H,23,25). The van der Waals surface area contributed by atoms with E-state index in [4.69, 9.17) is 9.47 Å². The van der Waals surface area contributed by atoms with E-state index in [1.165, 1.54) is 4.31 Å². The van der Waals surface area contributed by atoms with Crippen molar-refractivity contribution >= 4 is 27.3 Å². The number of aryl methyl sites for hydroxylation is 1. The maximum Gasteiger partial charge on any atom is 0.235 e. The fourth-order valence-electron chi connectivity index (χ4n) is 3.68. The van der Waals surface area contributed by atoms with E-state index < -0.39 is 10.0 Å². The number of hydrogen-bond acceptors (Lipinski definition) is 5. The third-order valence-corrected chi connectivity index (χ3v) is 7.02. The van der Waals surface area contributed by atoms with E-state index in [-0.39, 0.29) is 18.1 Å². The van der Waals surface area contributed by atoms with Crippen LogP contribution in [0, 0.1) is 0 Å². The van der Waals surface area contributed by atoms with Gasteiger partial charge in [0.1, 0.15) is 0 Å². The minimum absolute atomic E-state index is 0.135. The average Bonchev–Trinajstić information content (AvgIpc) is 2.72. The molecule has 2 aromatic carbocycles. The molecule has 3 rings (SSSR count). The number of ether oxygens (including phenoxy) is 2. The topological polar surface area (TPSA) is 84.9 Å². The normalized spacial score (nSPS) is 13.5. The van der Waals surface area contributed by atoms with Crippen molar-refractivity contribution in [3.63, 3.8) is 0 Å². The molecule has 2 aromatic rings. The molecule has 0 bridgehead atoms. The van der Waals surface area contributed by atoms with E-state index in [1.807, 2.05) is 19.1 Å². The van der Waals surface area contributed by atoms with Crippen LogP contribution in [0.1, 0.15) is 30.9 Å². The molecule has 7 nitrogen and oxygen atoms in total. The molecule has 30 heavy (non-hydrogen) atoms. The van der Waals surface area contributed by atoms with E-state index in [0.29, 0.717) is 35.8 Å². The number of sulfonamides is 1. The largest absolute Gasteiger partial charge is 0.493 e. The molecule has 0 saturated heterocycles. The Morgan fingerprint density at radius 1 is 1.10 bits per heavy atom. The Hall–Kier alpha value is -2.74. The highest BCUT2D eigenvalue weighted by atomic mass is 32.2. The van der Waals surface area contributed by atoms with Crippen molar-refractivity contribution in [2.75, 3.05) is 36.1 Å². The minimum Gasteiger partial charge on any atom is -0.493 e. The first kappa shape index (κ1) is 22.0. The molecular formula is C22H28N2O5S. The predicted molar refractivity (Wildman–Crippen MR) is 118 cm³/mol. The van der Waals surface area contributed by atoms with Crippen LogP contribution in [-0.4, -0.2) is 40.8 Å². The first-order valence-corrected chi connectivity index (χ1v) is 11.6. The van der Waals surface area contributed by atoms with E-state index in [9.17, 15) is 13.2 Å². The van der Waals surface area contributed by atoms with Gasteiger partial charge in [-0.25, -0.2) is 8.42 Å². The van der Waals surface area contributed by atoms with E-state index in [1.54, 1.807) is 38.5 Å². The van der Waals surface area contributed by atoms with Crippen LogP contribution < -0.4 is 19.1 Å². The highest BCUT2D eigenvalue weighted by Crippen LogP contribution is 2.32. The number of nitrogens with one attached hydrogen (secondary N) is 1. The van der Waals surface area contributed by atoms with Crippen LogP contribution in [0.4, 0.5) is 11.4 Å². The highest BCUT2D eigenvalue weighted by Gasteiger charge is 2.26. The summed E-state index contributed by atoms with van der Waals surface area (Å²) in [4.78, 5) is 12.5. The minimum atomic E-state index is -3.31. The number of rotatable bonds is 8. The van der Waals surface area contributed by atoms with Crippen molar-refractivity contribution in [2.24, 2.45) is 0 Å². The fourth-order valence-corrected chi connectivity index (χ4v) is 5.30. The van der Waals surface area contributed by atoms with Crippen molar-refractivity contribution in [3.8, 4) is 11.5 Å². The maximum absolute atomic E-state index is 12.5. The van der Waals surface area contributed by atoms with Crippen molar-refractivity contribution in [1.29, 1.82) is 0 Å². The summed E-state index contributed by atoms with van der Waals surface area (Å²) in [6, 6.07) is 10.8. The van der Waals surface area contributed by atoms with Crippen molar-refractivity contribution in [1.82, 2.24) is 0 Å². The number of carbonyl (C=O) groups is 1. The number of anilines is 2. The van der Waals surface area contributed by atoms with Crippen molar-refractivity contribution in [2.45, 2.75) is 32.6 Å². The van der Waals surface area contributed by atoms with Crippen LogP contribution in [0.2, 0.25) is 0 Å². The van der Waals surface area contributed by atoms with Crippen molar-refractivity contribution < 1.29 is 22.7 Å². The average molecular weight is 433 g/mol. The molecular weight excluding hydrogens is 404 g/mol. The first-order chi connectivity index (χ1) is 14.4. The van der Waals surface area contributed by atoms with E-state index in [2.05, 4.69) is 5.32 Å². The smallest absolute Gasteiger partial charge is 0.235 e. The molecule has 1 aliphatic rings. The second kappa shape index (κ2) is 9.38. The number of amides is 1. The molecule has 0 radical (unpaired) electrons. The molecule has 1 N–H and O–H groups in total. The predicted octanol–water partition coefficient (Wildman–Crippen LogP) is 3.38. The number of fused-ring (bicyclic) bond motifs is 1. The third-order valence-electron chi connectivity index (χ3n) is 5.05. The van der Waals surface area contributed by atoms with E-state index in [0.717, 1.165) is 24.0 Å². The van der Waals surface area contributed by atoms with Gasteiger partial charge in [-0.1, -0.05) is 13.0 Å². The Bertz CT molecular complexity index is 1020. The second-order valence-electron chi connectivity index (χ2n) is 7.25. The van der Waals surface area contributed by atoms with Gasteiger partial charge in [0.25, 0.3) is 0 Å². The van der Waals surface area contributed by atoms with Gasteiger partial charge in [0.15, 0.2) is 11.5 Å². The SMILES string of the molecule is CCCS(=O)(=O)N1CCCc2cc(NC(=O)Cc3ccc(OC)c(OC)c3)ccc21. The van der Waals surface area contributed by atoms with Crippen LogP contribution in [0.5, 0.6) is 11.5 Å². The molecule has 0 saturated carbocycles. The van der Waals surface area contributed by atoms with E-state index >= 15 is 0 Å². The molecule has 8 heteroatoms. The summed E-state index contributed by atoms with van der Waals surface area (Å²) in [6.45, 7) is 2.36. The van der Waals surface area contributed by atoms with Gasteiger partial charge in [-0.15, -0.1) is 0 Å². The Labute approximate surface area is 178 Å². The molecule has 1 heterocycles. The number of methoxy groups -OCH3 is 2. The van der Waals surface area contributed by atoms with Crippen LogP contribution in [0.3, 0.4) is 0 Å². The highest BCUT2D eigenvalue weighted by molar-refractivity contribution is 7.92. The Kier molecular flexibility index (Phi) is 6.87. The van der Waals surface area contributed by atoms with Gasteiger partial charge in [0, 0.05) is 12.2 Å². The monoisotopic (exact) mass is 432 g/mol. The van der Waals surface area contributed by atoms with Gasteiger partial charge >= 0.3 is 0 Å². The lowest BCUT2D eigenvalue weighted by molar-refractivity contribution is -0.115. The van der Waals surface area contributed by atoms with Gasteiger partial charge in [-0.2, -0.15) is 0 Å². The summed E-state index contributed by atoms with van der Waals surface area (Å²) in [6.07, 6.45) is 2.32. The molecule has 0 atom stereocenters. The second-order valence-corrected chi connectivity index (χ2v) is 9.26. The lowest BCUT2D eigenvalue weighted by Crippen LogP contribution is -2.37. The van der Waals surface area contributed by atoms with Gasteiger partial charge in [-0.05, 0) is 60.7 Å². The van der Waals surface area contributed by atoms with Crippen LogP contribution in [0.15, 0.2) is 36.4 Å². The van der Waals surface area contributed by atoms with Crippen LogP contribution >= 0.6 is 0 Å². The Balaban J connectivity index is 1.73. The Morgan fingerprint density at radius 2 is 1.87 bits per heavy atom. The zero-order valence-corrected chi connectivity index (χ0v) is 18.4. The summed E-state index contributed by atoms with van der Waals surface area (Å²) < 4.78 is 37.1. The zero-order valence-electron chi connectivity index (χ0n) is 17.6. The lowest BCUT2D eigenvalue weighted by atomic mass is 10.0. The van der Waals surface area contributed by atoms with Crippen molar-refractivity contribution in [3.05, 3.63) is 47.5 Å². The fraction of sp³-hybridized carbons (Fsp3) is 0.409. The number of carbonyl (C=O) groups excluding carboxylic acids is 1. The number of nitrogens with zero attached hydrogens (tertiary/aromatic N) is 1. The van der Waals surface area contributed by atoms with Gasteiger partial charge in [0.2, 0.25) is 15.9 Å². The molecule has 0 fully saturated rings. The van der Waals surface area contributed by atoms with Gasteiger partial charge in [-0.3, -0.25) is 9.10 Å². The van der Waals surface area contributed by atoms with Gasteiger partial charge in [0.05, 0.1) is 32.1 Å². The lowest BCUT2D eigenvalue weighted by Gasteiger charge is -2.30. The molecule has 1 aliphatic heterocycles. The molecule has 0 aliphatic carbocycles. The molecule has 162 valence electrons. The third kappa shape index (κ3) is 4.87. The van der Waals surface area contributed by atoms with Crippen LogP contribution in [-0.2, 0) is 27.7 Å². The summed E-state index contributed by atoms with van der Waals surface area (Å²) in [5.41, 5.74) is 3.12. The molecule has 0 aromatic heterocycles. The molecule has 1 amide bonds. The zero-order chi connectivity index (χ0) is 21.7. The molecule has 0 spiro atoms. The molecule has 0 unspecified atom stereocenters. The maximum atomic E-state index is 12.5. The first-order valence-electron chi connectivity index (χ1n) is 10.0.